The predicted octanol–water partition coefficient (Wildman–Crippen LogP) is 1.02. The molecule has 0 atom stereocenters. The number of aliphatic carboxylic acids is 1. The van der Waals surface area contributed by atoms with Gasteiger partial charge >= 0.3 is 5.97 Å². The summed E-state index contributed by atoms with van der Waals surface area (Å²) in [6.07, 6.45) is 4.63. The maximum Gasteiger partial charge on any atom is 0.327 e. The minimum Gasteiger partial charge on any atom is -1.00 e. The normalized spacial score (nSPS) is 11.1. The maximum absolute atomic E-state index is 10.9. The number of carboxylic acids is 1. The van der Waals surface area contributed by atoms with E-state index in [1.165, 1.54) is 22.0 Å². The number of halogens is 1. The summed E-state index contributed by atoms with van der Waals surface area (Å²) in [5.41, 5.74) is 0. The molecule has 0 radical (unpaired) electrons. The lowest BCUT2D eigenvalue weighted by Gasteiger charge is -2.27. The summed E-state index contributed by atoms with van der Waals surface area (Å²) in [5.74, 6) is -0.895. The van der Waals surface area contributed by atoms with Crippen molar-refractivity contribution in [3.63, 3.8) is 0 Å². The highest BCUT2D eigenvalue weighted by molar-refractivity contribution is 7.95. The van der Waals surface area contributed by atoms with Crippen LogP contribution in [0.3, 0.4) is 0 Å². The zero-order valence-corrected chi connectivity index (χ0v) is 17.4. The van der Waals surface area contributed by atoms with Crippen molar-refractivity contribution in [2.75, 3.05) is 6.16 Å². The van der Waals surface area contributed by atoms with Gasteiger partial charge in [-0.1, -0.05) is 60.7 Å². The first kappa shape index (κ1) is 21.1. The molecular formula is C23H22BrO2P. The second kappa shape index (κ2) is 10.2. The van der Waals surface area contributed by atoms with Gasteiger partial charge in [-0.3, -0.25) is 0 Å². The van der Waals surface area contributed by atoms with Crippen molar-refractivity contribution in [3.05, 3.63) is 103 Å². The van der Waals surface area contributed by atoms with Crippen molar-refractivity contribution in [1.82, 2.24) is 0 Å². The van der Waals surface area contributed by atoms with Crippen molar-refractivity contribution in [2.45, 2.75) is 6.42 Å². The molecule has 0 saturated carbocycles. The number of allylic oxidation sites excluding steroid dienone is 1. The zero-order valence-electron chi connectivity index (χ0n) is 14.9. The van der Waals surface area contributed by atoms with Crippen LogP contribution in [0.15, 0.2) is 103 Å². The molecule has 0 amide bonds. The molecule has 1 N–H and O–H groups in total. The fourth-order valence-electron chi connectivity index (χ4n) is 3.33. The molecule has 0 aliphatic heterocycles. The molecule has 138 valence electrons. The monoisotopic (exact) mass is 440 g/mol. The number of hydrogen-bond donors (Lipinski definition) is 1. The Hall–Kier alpha value is -2.22. The first-order chi connectivity index (χ1) is 12.7. The van der Waals surface area contributed by atoms with E-state index < -0.39 is 13.2 Å². The van der Waals surface area contributed by atoms with Crippen LogP contribution < -0.4 is 32.9 Å². The summed E-state index contributed by atoms with van der Waals surface area (Å²) in [6, 6.07) is 31.9. The van der Waals surface area contributed by atoms with E-state index in [9.17, 15) is 4.79 Å². The van der Waals surface area contributed by atoms with Crippen LogP contribution in [0.2, 0.25) is 0 Å². The molecular weight excluding hydrogens is 419 g/mol. The average molecular weight is 441 g/mol. The fraction of sp³-hybridized carbons (Fsp3) is 0.0870. The van der Waals surface area contributed by atoms with E-state index in [0.717, 1.165) is 12.6 Å². The zero-order chi connectivity index (χ0) is 18.2. The second-order valence-corrected chi connectivity index (χ2v) is 9.69. The van der Waals surface area contributed by atoms with Gasteiger partial charge in [0.1, 0.15) is 23.2 Å². The summed E-state index contributed by atoms with van der Waals surface area (Å²) >= 11 is 0. The van der Waals surface area contributed by atoms with Crippen LogP contribution in [0, 0.1) is 0 Å². The number of benzene rings is 3. The Labute approximate surface area is 171 Å². The maximum atomic E-state index is 10.9. The lowest BCUT2D eigenvalue weighted by Crippen LogP contribution is -3.00. The molecule has 2 nitrogen and oxygen atoms in total. The topological polar surface area (TPSA) is 37.3 Å². The summed E-state index contributed by atoms with van der Waals surface area (Å²) in [5, 5.41) is 12.9. The van der Waals surface area contributed by atoms with Gasteiger partial charge in [0.2, 0.25) is 0 Å². The van der Waals surface area contributed by atoms with Crippen molar-refractivity contribution in [2.24, 2.45) is 0 Å². The molecule has 3 rings (SSSR count). The van der Waals surface area contributed by atoms with Gasteiger partial charge in [-0.05, 0) is 36.4 Å². The van der Waals surface area contributed by atoms with Gasteiger partial charge in [-0.25, -0.2) is 4.79 Å². The van der Waals surface area contributed by atoms with Crippen LogP contribution in [0.5, 0.6) is 0 Å². The summed E-state index contributed by atoms with van der Waals surface area (Å²) < 4.78 is 0. The molecule has 0 aromatic heterocycles. The Morgan fingerprint density at radius 2 is 1.11 bits per heavy atom. The average Bonchev–Trinajstić information content (AvgIpc) is 2.70. The lowest BCUT2D eigenvalue weighted by atomic mass is 10.3. The van der Waals surface area contributed by atoms with E-state index in [4.69, 9.17) is 5.11 Å². The number of rotatable bonds is 7. The molecule has 4 heteroatoms. The number of carbonyl (C=O) groups is 1. The molecule has 27 heavy (non-hydrogen) atoms. The first-order valence-corrected chi connectivity index (χ1v) is 10.7. The van der Waals surface area contributed by atoms with E-state index in [1.807, 2.05) is 18.2 Å². The van der Waals surface area contributed by atoms with Crippen molar-refractivity contribution >= 4 is 29.1 Å². The van der Waals surface area contributed by atoms with Gasteiger partial charge in [0.05, 0.1) is 6.16 Å². The molecule has 0 unspecified atom stereocenters. The third kappa shape index (κ3) is 4.94. The predicted molar refractivity (Wildman–Crippen MR) is 111 cm³/mol. The minimum absolute atomic E-state index is 0. The third-order valence-corrected chi connectivity index (χ3v) is 8.95. The van der Waals surface area contributed by atoms with E-state index in [2.05, 4.69) is 72.8 Å². The molecule has 0 saturated heterocycles. The highest BCUT2D eigenvalue weighted by Gasteiger charge is 2.44. The Morgan fingerprint density at radius 1 is 0.741 bits per heavy atom. The molecule has 3 aromatic carbocycles. The Morgan fingerprint density at radius 3 is 1.44 bits per heavy atom. The van der Waals surface area contributed by atoms with Crippen LogP contribution in [-0.2, 0) is 4.79 Å². The molecule has 3 aromatic rings. The van der Waals surface area contributed by atoms with Crippen LogP contribution >= 0.6 is 7.26 Å². The summed E-state index contributed by atoms with van der Waals surface area (Å²) in [6.45, 7) is 0. The highest BCUT2D eigenvalue weighted by Crippen LogP contribution is 2.55. The molecule has 0 aliphatic rings. The van der Waals surface area contributed by atoms with Gasteiger partial charge < -0.3 is 22.1 Å². The molecule has 0 fully saturated rings. The van der Waals surface area contributed by atoms with Crippen molar-refractivity contribution < 1.29 is 26.9 Å². The van der Waals surface area contributed by atoms with Gasteiger partial charge in [0.15, 0.2) is 0 Å². The van der Waals surface area contributed by atoms with Crippen molar-refractivity contribution in [3.8, 4) is 0 Å². The molecule has 0 aliphatic carbocycles. The Kier molecular flexibility index (Phi) is 7.97. The van der Waals surface area contributed by atoms with Gasteiger partial charge in [0.25, 0.3) is 0 Å². The lowest BCUT2D eigenvalue weighted by molar-refractivity contribution is -0.131. The quantitative estimate of drug-likeness (QED) is 0.439. The SMILES string of the molecule is O=C(O)C=CCC[P+](c1ccccc1)(c1ccccc1)c1ccccc1.[Br-]. The van der Waals surface area contributed by atoms with E-state index >= 15 is 0 Å². The first-order valence-electron chi connectivity index (χ1n) is 8.68. The standard InChI is InChI=1S/C23H21O2P.BrH/c24-23(25)18-10-11-19-26(20-12-4-1-5-13-20,21-14-6-2-7-15-21)22-16-8-3-9-17-22;/h1-10,12-18H,11,19H2;1H. The van der Waals surface area contributed by atoms with E-state index in [0.29, 0.717) is 0 Å². The van der Waals surface area contributed by atoms with E-state index in [1.54, 1.807) is 6.08 Å². The van der Waals surface area contributed by atoms with Crippen LogP contribution in [0.25, 0.3) is 0 Å². The third-order valence-electron chi connectivity index (χ3n) is 4.48. The van der Waals surface area contributed by atoms with E-state index in [-0.39, 0.29) is 17.0 Å². The highest BCUT2D eigenvalue weighted by atomic mass is 79.9. The van der Waals surface area contributed by atoms with Crippen molar-refractivity contribution in [1.29, 1.82) is 0 Å². The van der Waals surface area contributed by atoms with Crippen LogP contribution in [0.4, 0.5) is 0 Å². The Bertz CT molecular complexity index is 768. The van der Waals surface area contributed by atoms with Crippen LogP contribution in [-0.4, -0.2) is 17.2 Å². The largest absolute Gasteiger partial charge is 1.00 e. The number of hydrogen-bond acceptors (Lipinski definition) is 1. The molecule has 0 bridgehead atoms. The fourth-order valence-corrected chi connectivity index (χ4v) is 7.58. The van der Waals surface area contributed by atoms with Gasteiger partial charge in [-0.2, -0.15) is 0 Å². The molecule has 0 spiro atoms. The molecule has 0 heterocycles. The Balaban J connectivity index is 0.00000261. The van der Waals surface area contributed by atoms with Gasteiger partial charge in [0, 0.05) is 12.5 Å². The van der Waals surface area contributed by atoms with Crippen LogP contribution in [0.1, 0.15) is 6.42 Å². The van der Waals surface area contributed by atoms with Gasteiger partial charge in [-0.15, -0.1) is 0 Å². The number of carboxylic acid groups (broad SMARTS) is 1. The summed E-state index contributed by atoms with van der Waals surface area (Å²) in [4.78, 5) is 10.9. The second-order valence-electron chi connectivity index (χ2n) is 6.07. The minimum atomic E-state index is -1.86. The summed E-state index contributed by atoms with van der Waals surface area (Å²) in [7, 11) is -1.86. The smallest absolute Gasteiger partial charge is 0.327 e.